The summed E-state index contributed by atoms with van der Waals surface area (Å²) in [5.41, 5.74) is -0.00479. The molecule has 0 atom stereocenters. The van der Waals surface area contributed by atoms with Crippen LogP contribution >= 0.6 is 0 Å². The van der Waals surface area contributed by atoms with Crippen LogP contribution in [0.4, 0.5) is 0 Å². The predicted molar refractivity (Wildman–Crippen MR) is 39.2 cm³/mol. The zero-order valence-electron chi connectivity index (χ0n) is 6.61. The van der Waals surface area contributed by atoms with Crippen LogP contribution in [-0.4, -0.2) is 12.2 Å². The molecule has 1 heteroatoms. The lowest BCUT2D eigenvalue weighted by Crippen LogP contribution is -2.19. The van der Waals surface area contributed by atoms with Gasteiger partial charge in [0.25, 0.3) is 0 Å². The van der Waals surface area contributed by atoms with E-state index >= 15 is 0 Å². The predicted octanol–water partition coefficient (Wildman–Crippen LogP) is 2.29. The van der Waals surface area contributed by atoms with Crippen LogP contribution in [0.5, 0.6) is 0 Å². The van der Waals surface area contributed by atoms with Crippen molar-refractivity contribution in [3.8, 4) is 0 Å². The minimum Gasteiger partial charge on any atom is -0.376 e. The fourth-order valence-corrected chi connectivity index (χ4v) is 0.462. The fraction of sp³-hybridized carbons (Fsp3) is 0.875. The second-order valence-electron chi connectivity index (χ2n) is 3.10. The van der Waals surface area contributed by atoms with Crippen molar-refractivity contribution in [3.63, 3.8) is 0 Å². The molecule has 0 bridgehead atoms. The molecule has 54 valence electrons. The first-order valence-electron chi connectivity index (χ1n) is 3.40. The third-order valence-corrected chi connectivity index (χ3v) is 0.884. The Balaban J connectivity index is 3.07. The molecule has 0 unspecified atom stereocenters. The Hall–Kier alpha value is -0.0400. The molecule has 0 fully saturated rings. The van der Waals surface area contributed by atoms with Gasteiger partial charge in [0.15, 0.2) is 0 Å². The van der Waals surface area contributed by atoms with Crippen molar-refractivity contribution in [2.24, 2.45) is 0 Å². The van der Waals surface area contributed by atoms with E-state index in [4.69, 9.17) is 11.7 Å². The monoisotopic (exact) mass is 128 g/mol. The Kier molecular flexibility index (Phi) is 3.87. The maximum absolute atomic E-state index is 5.39. The number of hydrogen-bond donors (Lipinski definition) is 0. The molecule has 0 aliphatic heterocycles. The SMILES string of the molecule is [CH]CCCOC(C)(C)C. The van der Waals surface area contributed by atoms with E-state index in [1.807, 2.05) is 20.8 Å². The zero-order valence-corrected chi connectivity index (χ0v) is 6.61. The van der Waals surface area contributed by atoms with Crippen molar-refractivity contribution >= 4 is 0 Å². The zero-order chi connectivity index (χ0) is 7.33. The molecule has 0 spiro atoms. The van der Waals surface area contributed by atoms with Crippen molar-refractivity contribution in [3.05, 3.63) is 6.92 Å². The van der Waals surface area contributed by atoms with Crippen LogP contribution in [0.2, 0.25) is 0 Å². The summed E-state index contributed by atoms with van der Waals surface area (Å²) in [4.78, 5) is 0. The van der Waals surface area contributed by atoms with Crippen LogP contribution in [-0.2, 0) is 4.74 Å². The first-order valence-corrected chi connectivity index (χ1v) is 3.40. The van der Waals surface area contributed by atoms with E-state index in [0.29, 0.717) is 0 Å². The molecule has 0 saturated carbocycles. The van der Waals surface area contributed by atoms with Gasteiger partial charge in [0.05, 0.1) is 5.60 Å². The van der Waals surface area contributed by atoms with Gasteiger partial charge in [0.1, 0.15) is 0 Å². The summed E-state index contributed by atoms with van der Waals surface area (Å²) in [6.45, 7) is 12.2. The van der Waals surface area contributed by atoms with Crippen molar-refractivity contribution in [1.82, 2.24) is 0 Å². The lowest BCUT2D eigenvalue weighted by Gasteiger charge is -2.18. The molecule has 9 heavy (non-hydrogen) atoms. The van der Waals surface area contributed by atoms with Crippen molar-refractivity contribution < 1.29 is 4.74 Å². The highest BCUT2D eigenvalue weighted by molar-refractivity contribution is 4.58. The van der Waals surface area contributed by atoms with Gasteiger partial charge in [0, 0.05) is 6.61 Å². The smallest absolute Gasteiger partial charge is 0.0598 e. The van der Waals surface area contributed by atoms with E-state index < -0.39 is 0 Å². The number of ether oxygens (including phenoxy) is 1. The first kappa shape index (κ1) is 8.96. The summed E-state index contributed by atoms with van der Waals surface area (Å²) in [7, 11) is 0. The highest BCUT2D eigenvalue weighted by Gasteiger charge is 2.07. The topological polar surface area (TPSA) is 9.23 Å². The minimum absolute atomic E-state index is 0.00479. The fourth-order valence-electron chi connectivity index (χ4n) is 0.462. The van der Waals surface area contributed by atoms with Gasteiger partial charge in [-0.2, -0.15) is 0 Å². The third kappa shape index (κ3) is 7.96. The van der Waals surface area contributed by atoms with Crippen molar-refractivity contribution in [2.45, 2.75) is 39.2 Å². The maximum Gasteiger partial charge on any atom is 0.0598 e. The van der Waals surface area contributed by atoms with Crippen LogP contribution in [0, 0.1) is 6.92 Å². The quantitative estimate of drug-likeness (QED) is 0.530. The van der Waals surface area contributed by atoms with E-state index in [0.717, 1.165) is 19.4 Å². The van der Waals surface area contributed by atoms with E-state index in [1.165, 1.54) is 0 Å². The minimum atomic E-state index is -0.00479. The molecule has 0 heterocycles. The average molecular weight is 128 g/mol. The molecule has 0 aromatic heterocycles. The van der Waals surface area contributed by atoms with Crippen LogP contribution in [0.15, 0.2) is 0 Å². The summed E-state index contributed by atoms with van der Waals surface area (Å²) in [6, 6.07) is 0. The lowest BCUT2D eigenvalue weighted by atomic mass is 10.2. The Labute approximate surface area is 58.4 Å². The summed E-state index contributed by atoms with van der Waals surface area (Å²) in [6.07, 6.45) is 1.67. The largest absolute Gasteiger partial charge is 0.376 e. The van der Waals surface area contributed by atoms with E-state index in [9.17, 15) is 0 Å². The van der Waals surface area contributed by atoms with Crippen LogP contribution in [0.1, 0.15) is 33.6 Å². The Bertz CT molecular complexity index is 61.5. The average Bonchev–Trinajstić information content (AvgIpc) is 1.63. The summed E-state index contributed by atoms with van der Waals surface area (Å²) < 4.78 is 5.39. The van der Waals surface area contributed by atoms with E-state index in [-0.39, 0.29) is 5.60 Å². The van der Waals surface area contributed by atoms with Crippen molar-refractivity contribution in [2.75, 3.05) is 6.61 Å². The highest BCUT2D eigenvalue weighted by Crippen LogP contribution is 2.06. The van der Waals surface area contributed by atoms with Gasteiger partial charge in [-0.1, -0.05) is 0 Å². The standard InChI is InChI=1S/C8H16O/c1-5-6-7-9-8(2,3)4/h1H,5-7H2,2-4H3. The third-order valence-electron chi connectivity index (χ3n) is 0.884. The van der Waals surface area contributed by atoms with Crippen LogP contribution in [0.3, 0.4) is 0 Å². The Morgan fingerprint density at radius 2 is 1.89 bits per heavy atom. The van der Waals surface area contributed by atoms with Gasteiger partial charge in [0.2, 0.25) is 0 Å². The summed E-state index contributed by atoms with van der Waals surface area (Å²) >= 11 is 0. The van der Waals surface area contributed by atoms with E-state index in [1.54, 1.807) is 0 Å². The van der Waals surface area contributed by atoms with Gasteiger partial charge >= 0.3 is 0 Å². The lowest BCUT2D eigenvalue weighted by molar-refractivity contribution is -0.00367. The van der Waals surface area contributed by atoms with Crippen LogP contribution < -0.4 is 0 Å². The Morgan fingerprint density at radius 3 is 2.22 bits per heavy atom. The molecule has 0 aliphatic rings. The number of unbranched alkanes of at least 4 members (excludes halogenated alkanes) is 1. The first-order chi connectivity index (χ1) is 4.06. The van der Waals surface area contributed by atoms with Gasteiger partial charge in [-0.05, 0) is 40.5 Å². The molecule has 0 aliphatic carbocycles. The molecule has 0 saturated heterocycles. The van der Waals surface area contributed by atoms with E-state index in [2.05, 4.69) is 0 Å². The Morgan fingerprint density at radius 1 is 1.33 bits per heavy atom. The van der Waals surface area contributed by atoms with Crippen molar-refractivity contribution in [1.29, 1.82) is 0 Å². The van der Waals surface area contributed by atoms with Gasteiger partial charge in [-0.25, -0.2) is 0 Å². The summed E-state index contributed by atoms with van der Waals surface area (Å²) in [5.74, 6) is 0. The van der Waals surface area contributed by atoms with Gasteiger partial charge in [-0.15, -0.1) is 0 Å². The second kappa shape index (κ2) is 3.89. The highest BCUT2D eigenvalue weighted by atomic mass is 16.5. The molecule has 0 aromatic rings. The maximum atomic E-state index is 5.39. The molecule has 2 radical (unpaired) electrons. The number of rotatable bonds is 3. The second-order valence-corrected chi connectivity index (χ2v) is 3.10. The molecule has 0 N–H and O–H groups in total. The van der Waals surface area contributed by atoms with Gasteiger partial charge in [-0.3, -0.25) is 0 Å². The van der Waals surface area contributed by atoms with Gasteiger partial charge < -0.3 is 4.74 Å². The van der Waals surface area contributed by atoms with Crippen LogP contribution in [0.25, 0.3) is 0 Å². The molecule has 0 amide bonds. The molecule has 1 nitrogen and oxygen atoms in total. The molecular formula is C8H16O. The normalized spacial score (nSPS) is 12.0. The number of hydrogen-bond acceptors (Lipinski definition) is 1. The molecule has 0 aromatic carbocycles. The summed E-state index contributed by atoms with van der Waals surface area (Å²) in [5, 5.41) is 0. The molecule has 0 rings (SSSR count). The molecular weight excluding hydrogens is 112 g/mol.